The first-order chi connectivity index (χ1) is 7.25. The fraction of sp³-hybridized carbons (Fsp3) is 0.455. The molecule has 1 aliphatic heterocycles. The predicted molar refractivity (Wildman–Crippen MR) is 61.6 cm³/mol. The van der Waals surface area contributed by atoms with Crippen molar-refractivity contribution in [1.82, 2.24) is 0 Å². The summed E-state index contributed by atoms with van der Waals surface area (Å²) in [5, 5.41) is 3.32. The van der Waals surface area contributed by atoms with Gasteiger partial charge in [-0.05, 0) is 47.0 Å². The molecule has 4 heteroatoms. The van der Waals surface area contributed by atoms with E-state index in [9.17, 15) is 4.39 Å². The summed E-state index contributed by atoms with van der Waals surface area (Å²) in [6, 6.07) is 5.06. The van der Waals surface area contributed by atoms with Crippen molar-refractivity contribution in [3.63, 3.8) is 0 Å². The molecule has 1 fully saturated rings. The molecule has 0 saturated carbocycles. The molecule has 0 bridgehead atoms. The normalized spacial score (nSPS) is 17.7. The average Bonchev–Trinajstić information content (AvgIpc) is 2.25. The van der Waals surface area contributed by atoms with Crippen LogP contribution in [0.4, 0.5) is 10.1 Å². The second-order valence-electron chi connectivity index (χ2n) is 3.66. The second-order valence-corrected chi connectivity index (χ2v) is 4.51. The lowest BCUT2D eigenvalue weighted by Gasteiger charge is -2.24. The summed E-state index contributed by atoms with van der Waals surface area (Å²) in [4.78, 5) is 0. The number of benzene rings is 1. The molecule has 2 rings (SSSR count). The maximum Gasteiger partial charge on any atom is 0.125 e. The van der Waals surface area contributed by atoms with Gasteiger partial charge in [0.25, 0.3) is 0 Å². The monoisotopic (exact) mass is 273 g/mol. The molecule has 0 atom stereocenters. The SMILES string of the molecule is Fc1ccc(Br)c(NC2CCOCC2)c1. The van der Waals surface area contributed by atoms with E-state index in [1.807, 2.05) is 0 Å². The van der Waals surface area contributed by atoms with Crippen molar-refractivity contribution in [2.45, 2.75) is 18.9 Å². The topological polar surface area (TPSA) is 21.3 Å². The molecular formula is C11H13BrFNO. The van der Waals surface area contributed by atoms with Crippen LogP contribution < -0.4 is 5.32 Å². The van der Waals surface area contributed by atoms with Gasteiger partial charge in [-0.3, -0.25) is 0 Å². The molecule has 1 N–H and O–H groups in total. The maximum atomic E-state index is 13.0. The Kier molecular flexibility index (Phi) is 3.59. The van der Waals surface area contributed by atoms with Crippen LogP contribution in [0.5, 0.6) is 0 Å². The summed E-state index contributed by atoms with van der Waals surface area (Å²) in [7, 11) is 0. The van der Waals surface area contributed by atoms with Crippen LogP contribution in [-0.2, 0) is 4.74 Å². The molecule has 1 aromatic rings. The van der Waals surface area contributed by atoms with E-state index in [1.165, 1.54) is 12.1 Å². The Bertz CT molecular complexity index is 339. The fourth-order valence-corrected chi connectivity index (χ4v) is 2.03. The Balaban J connectivity index is 2.05. The van der Waals surface area contributed by atoms with Gasteiger partial charge >= 0.3 is 0 Å². The van der Waals surface area contributed by atoms with Gasteiger partial charge in [0.15, 0.2) is 0 Å². The maximum absolute atomic E-state index is 13.0. The van der Waals surface area contributed by atoms with Crippen molar-refractivity contribution in [1.29, 1.82) is 0 Å². The van der Waals surface area contributed by atoms with E-state index >= 15 is 0 Å². The van der Waals surface area contributed by atoms with Gasteiger partial charge in [-0.1, -0.05) is 0 Å². The molecule has 1 aliphatic rings. The zero-order valence-corrected chi connectivity index (χ0v) is 9.89. The lowest BCUT2D eigenvalue weighted by molar-refractivity contribution is 0.0904. The molecule has 15 heavy (non-hydrogen) atoms. The number of ether oxygens (including phenoxy) is 1. The predicted octanol–water partition coefficient (Wildman–Crippen LogP) is 3.18. The highest BCUT2D eigenvalue weighted by Crippen LogP contribution is 2.25. The van der Waals surface area contributed by atoms with Gasteiger partial charge in [0.05, 0.1) is 5.69 Å². The Hall–Kier alpha value is -0.610. The van der Waals surface area contributed by atoms with Gasteiger partial charge in [-0.15, -0.1) is 0 Å². The average molecular weight is 274 g/mol. The lowest BCUT2D eigenvalue weighted by Crippen LogP contribution is -2.27. The van der Waals surface area contributed by atoms with Crippen LogP contribution in [0.2, 0.25) is 0 Å². The van der Waals surface area contributed by atoms with Gasteiger partial charge < -0.3 is 10.1 Å². The van der Waals surface area contributed by atoms with Crippen molar-refractivity contribution in [3.8, 4) is 0 Å². The quantitative estimate of drug-likeness (QED) is 0.894. The van der Waals surface area contributed by atoms with E-state index in [4.69, 9.17) is 4.74 Å². The molecule has 82 valence electrons. The van der Waals surface area contributed by atoms with Crippen LogP contribution in [0, 0.1) is 5.82 Å². The number of nitrogens with one attached hydrogen (secondary N) is 1. The molecule has 0 aliphatic carbocycles. The molecule has 0 spiro atoms. The molecule has 1 saturated heterocycles. The van der Waals surface area contributed by atoms with Crippen LogP contribution in [0.1, 0.15) is 12.8 Å². The summed E-state index contributed by atoms with van der Waals surface area (Å²) in [6.45, 7) is 1.56. The molecule has 0 radical (unpaired) electrons. The van der Waals surface area contributed by atoms with Crippen molar-refractivity contribution in [2.24, 2.45) is 0 Å². The molecule has 2 nitrogen and oxygen atoms in total. The highest BCUT2D eigenvalue weighted by molar-refractivity contribution is 9.10. The van der Waals surface area contributed by atoms with E-state index in [2.05, 4.69) is 21.2 Å². The van der Waals surface area contributed by atoms with E-state index in [0.29, 0.717) is 6.04 Å². The van der Waals surface area contributed by atoms with Gasteiger partial charge in [-0.2, -0.15) is 0 Å². The second kappa shape index (κ2) is 4.94. The van der Waals surface area contributed by atoms with Crippen molar-refractivity contribution in [3.05, 3.63) is 28.5 Å². The number of rotatable bonds is 2. The molecule has 0 unspecified atom stereocenters. The number of halogens is 2. The van der Waals surface area contributed by atoms with Crippen molar-refractivity contribution < 1.29 is 9.13 Å². The Morgan fingerprint density at radius 3 is 2.80 bits per heavy atom. The highest BCUT2D eigenvalue weighted by Gasteiger charge is 2.14. The summed E-state index contributed by atoms with van der Waals surface area (Å²) in [5.41, 5.74) is 0.821. The smallest absolute Gasteiger partial charge is 0.125 e. The number of hydrogen-bond acceptors (Lipinski definition) is 2. The van der Waals surface area contributed by atoms with Gasteiger partial charge in [0, 0.05) is 23.7 Å². The van der Waals surface area contributed by atoms with Crippen LogP contribution >= 0.6 is 15.9 Å². The molecular weight excluding hydrogens is 261 g/mol. The third kappa shape index (κ3) is 2.92. The Labute approximate surface area is 96.9 Å². The summed E-state index contributed by atoms with van der Waals surface area (Å²) < 4.78 is 19.2. The van der Waals surface area contributed by atoms with Crippen LogP contribution in [0.3, 0.4) is 0 Å². The highest BCUT2D eigenvalue weighted by atomic mass is 79.9. The minimum Gasteiger partial charge on any atom is -0.381 e. The zero-order valence-electron chi connectivity index (χ0n) is 8.30. The third-order valence-electron chi connectivity index (χ3n) is 2.51. The van der Waals surface area contributed by atoms with E-state index < -0.39 is 0 Å². The standard InChI is InChI=1S/C11H13BrFNO/c12-10-2-1-8(13)7-11(10)14-9-3-5-15-6-4-9/h1-2,7,9,14H,3-6H2. The summed E-state index contributed by atoms with van der Waals surface area (Å²) >= 11 is 3.40. The van der Waals surface area contributed by atoms with E-state index in [1.54, 1.807) is 6.07 Å². The fourth-order valence-electron chi connectivity index (χ4n) is 1.67. The van der Waals surface area contributed by atoms with Crippen molar-refractivity contribution in [2.75, 3.05) is 18.5 Å². The first-order valence-electron chi connectivity index (χ1n) is 5.05. The summed E-state index contributed by atoms with van der Waals surface area (Å²) in [6.07, 6.45) is 1.95. The first kappa shape index (κ1) is 10.9. The third-order valence-corrected chi connectivity index (χ3v) is 3.20. The minimum absolute atomic E-state index is 0.215. The molecule has 1 aromatic carbocycles. The zero-order chi connectivity index (χ0) is 10.7. The van der Waals surface area contributed by atoms with E-state index in [-0.39, 0.29) is 5.82 Å². The number of anilines is 1. The van der Waals surface area contributed by atoms with Crippen molar-refractivity contribution >= 4 is 21.6 Å². The Morgan fingerprint density at radius 2 is 2.07 bits per heavy atom. The van der Waals surface area contributed by atoms with Gasteiger partial charge in [0.2, 0.25) is 0 Å². The molecule has 0 aromatic heterocycles. The summed E-state index contributed by atoms with van der Waals surface area (Å²) in [5.74, 6) is -0.215. The largest absolute Gasteiger partial charge is 0.381 e. The lowest BCUT2D eigenvalue weighted by atomic mass is 10.1. The van der Waals surface area contributed by atoms with Gasteiger partial charge in [0.1, 0.15) is 5.82 Å². The van der Waals surface area contributed by atoms with Crippen LogP contribution in [0.15, 0.2) is 22.7 Å². The molecule has 1 heterocycles. The van der Waals surface area contributed by atoms with Gasteiger partial charge in [-0.25, -0.2) is 4.39 Å². The first-order valence-corrected chi connectivity index (χ1v) is 5.84. The van der Waals surface area contributed by atoms with Crippen LogP contribution in [-0.4, -0.2) is 19.3 Å². The minimum atomic E-state index is -0.215. The number of hydrogen-bond donors (Lipinski definition) is 1. The van der Waals surface area contributed by atoms with Crippen LogP contribution in [0.25, 0.3) is 0 Å². The van der Waals surface area contributed by atoms with E-state index in [0.717, 1.165) is 36.2 Å². The Morgan fingerprint density at radius 1 is 1.33 bits per heavy atom. The molecule has 0 amide bonds.